The van der Waals surface area contributed by atoms with Crippen LogP contribution >= 0.6 is 0 Å². The van der Waals surface area contributed by atoms with E-state index < -0.39 is 0 Å². The Morgan fingerprint density at radius 3 is 2.40 bits per heavy atom. The molecule has 2 aromatic rings. The average molecular weight is 268 g/mol. The summed E-state index contributed by atoms with van der Waals surface area (Å²) in [5.74, 6) is -0.0425. The van der Waals surface area contributed by atoms with Crippen LogP contribution in [0.4, 0.5) is 11.4 Å². The molecule has 0 atom stereocenters. The van der Waals surface area contributed by atoms with Crippen molar-refractivity contribution in [1.29, 1.82) is 0 Å². The lowest BCUT2D eigenvalue weighted by molar-refractivity contribution is 0.0992. The summed E-state index contributed by atoms with van der Waals surface area (Å²) in [5.41, 5.74) is 10.1. The van der Waals surface area contributed by atoms with Crippen LogP contribution in [0.3, 0.4) is 0 Å². The van der Waals surface area contributed by atoms with E-state index in [-0.39, 0.29) is 5.91 Å². The van der Waals surface area contributed by atoms with Gasteiger partial charge in [-0.2, -0.15) is 0 Å². The molecule has 2 rings (SSSR count). The number of anilines is 2. The Morgan fingerprint density at radius 2 is 1.80 bits per heavy atom. The highest BCUT2D eigenvalue weighted by Gasteiger charge is 2.16. The fraction of sp³-hybridized carbons (Fsp3) is 0.235. The number of nitrogens with zero attached hydrogens (tertiary/aromatic N) is 1. The second-order valence-corrected chi connectivity index (χ2v) is 4.90. The zero-order valence-electron chi connectivity index (χ0n) is 12.2. The molecule has 1 amide bonds. The normalized spacial score (nSPS) is 10.3. The lowest BCUT2D eigenvalue weighted by atomic mass is 10.1. The maximum absolute atomic E-state index is 12.5. The van der Waals surface area contributed by atoms with Crippen molar-refractivity contribution in [2.24, 2.45) is 0 Å². The van der Waals surface area contributed by atoms with Crippen LogP contribution in [0.1, 0.15) is 28.4 Å². The van der Waals surface area contributed by atoms with Crippen molar-refractivity contribution in [2.75, 3.05) is 17.7 Å². The standard InChI is InChI=1S/C17H20N2O/c1-4-13-8-10-14(11-9-13)19(3)17(20)15-6-5-7-16(18)12(15)2/h5-11H,4,18H2,1-3H3. The second kappa shape index (κ2) is 5.78. The summed E-state index contributed by atoms with van der Waals surface area (Å²) >= 11 is 0. The van der Waals surface area contributed by atoms with Crippen LogP contribution in [-0.4, -0.2) is 13.0 Å². The number of benzene rings is 2. The van der Waals surface area contributed by atoms with Crippen LogP contribution in [0.25, 0.3) is 0 Å². The maximum Gasteiger partial charge on any atom is 0.258 e. The van der Waals surface area contributed by atoms with Crippen molar-refractivity contribution in [1.82, 2.24) is 0 Å². The van der Waals surface area contributed by atoms with Gasteiger partial charge in [0.25, 0.3) is 5.91 Å². The van der Waals surface area contributed by atoms with Crippen LogP contribution in [0, 0.1) is 6.92 Å². The lowest BCUT2D eigenvalue weighted by Gasteiger charge is -2.19. The molecule has 0 saturated heterocycles. The first-order valence-corrected chi connectivity index (χ1v) is 6.76. The number of nitrogens with two attached hydrogens (primary N) is 1. The van der Waals surface area contributed by atoms with E-state index in [0.29, 0.717) is 11.3 Å². The predicted octanol–water partition coefficient (Wildman–Crippen LogP) is 3.42. The predicted molar refractivity (Wildman–Crippen MR) is 84.1 cm³/mol. The lowest BCUT2D eigenvalue weighted by Crippen LogP contribution is -2.27. The zero-order chi connectivity index (χ0) is 14.7. The number of carbonyl (C=O) groups is 1. The fourth-order valence-corrected chi connectivity index (χ4v) is 2.14. The minimum atomic E-state index is -0.0425. The molecule has 0 aromatic heterocycles. The molecule has 3 heteroatoms. The molecule has 2 N–H and O–H groups in total. The summed E-state index contributed by atoms with van der Waals surface area (Å²) in [4.78, 5) is 14.2. The number of aryl methyl sites for hydroxylation is 1. The molecule has 0 saturated carbocycles. The smallest absolute Gasteiger partial charge is 0.258 e. The Morgan fingerprint density at radius 1 is 1.15 bits per heavy atom. The largest absolute Gasteiger partial charge is 0.398 e. The molecule has 0 aliphatic rings. The maximum atomic E-state index is 12.5. The van der Waals surface area contributed by atoms with E-state index in [4.69, 9.17) is 5.73 Å². The van der Waals surface area contributed by atoms with Crippen molar-refractivity contribution in [2.45, 2.75) is 20.3 Å². The summed E-state index contributed by atoms with van der Waals surface area (Å²) in [5, 5.41) is 0. The molecule has 0 heterocycles. The Kier molecular flexibility index (Phi) is 4.08. The van der Waals surface area contributed by atoms with Crippen LogP contribution in [0.2, 0.25) is 0 Å². The molecule has 0 fully saturated rings. The average Bonchev–Trinajstić information content (AvgIpc) is 2.48. The third kappa shape index (κ3) is 2.67. The van der Waals surface area contributed by atoms with Gasteiger partial charge >= 0.3 is 0 Å². The van der Waals surface area contributed by atoms with Crippen molar-refractivity contribution in [3.05, 3.63) is 59.2 Å². The number of rotatable bonds is 3. The second-order valence-electron chi connectivity index (χ2n) is 4.90. The minimum absolute atomic E-state index is 0.0425. The zero-order valence-corrected chi connectivity index (χ0v) is 12.2. The molecule has 0 radical (unpaired) electrons. The summed E-state index contributed by atoms with van der Waals surface area (Å²) in [7, 11) is 1.78. The quantitative estimate of drug-likeness (QED) is 0.867. The van der Waals surface area contributed by atoms with Crippen LogP contribution in [0.15, 0.2) is 42.5 Å². The summed E-state index contributed by atoms with van der Waals surface area (Å²) in [6, 6.07) is 13.5. The minimum Gasteiger partial charge on any atom is -0.398 e. The Bertz CT molecular complexity index is 617. The van der Waals surface area contributed by atoms with Gasteiger partial charge in [0.15, 0.2) is 0 Å². The molecule has 104 valence electrons. The van der Waals surface area contributed by atoms with E-state index in [0.717, 1.165) is 17.7 Å². The SMILES string of the molecule is CCc1ccc(N(C)C(=O)c2cccc(N)c2C)cc1. The van der Waals surface area contributed by atoms with Crippen molar-refractivity contribution in [3.63, 3.8) is 0 Å². The Labute approximate surface area is 120 Å². The molecule has 3 nitrogen and oxygen atoms in total. The molecule has 2 aromatic carbocycles. The third-order valence-electron chi connectivity index (χ3n) is 3.64. The van der Waals surface area contributed by atoms with Crippen LogP contribution in [-0.2, 0) is 6.42 Å². The van der Waals surface area contributed by atoms with Gasteiger partial charge in [-0.3, -0.25) is 4.79 Å². The molecular formula is C17H20N2O. The van der Waals surface area contributed by atoms with Gasteiger partial charge < -0.3 is 10.6 Å². The van der Waals surface area contributed by atoms with Gasteiger partial charge in [0, 0.05) is 24.0 Å². The molecular weight excluding hydrogens is 248 g/mol. The monoisotopic (exact) mass is 268 g/mol. The Hall–Kier alpha value is -2.29. The molecule has 0 spiro atoms. The van der Waals surface area contributed by atoms with E-state index >= 15 is 0 Å². The van der Waals surface area contributed by atoms with Crippen molar-refractivity contribution < 1.29 is 4.79 Å². The molecule has 0 unspecified atom stereocenters. The van der Waals surface area contributed by atoms with E-state index in [9.17, 15) is 4.79 Å². The van der Waals surface area contributed by atoms with Gasteiger partial charge in [0.05, 0.1) is 0 Å². The molecule has 0 aliphatic carbocycles. The number of carbonyl (C=O) groups excluding carboxylic acids is 1. The van der Waals surface area contributed by atoms with Gasteiger partial charge in [-0.1, -0.05) is 25.1 Å². The van der Waals surface area contributed by atoms with Crippen molar-refractivity contribution >= 4 is 17.3 Å². The topological polar surface area (TPSA) is 46.3 Å². The number of hydrogen-bond donors (Lipinski definition) is 1. The molecule has 20 heavy (non-hydrogen) atoms. The number of amides is 1. The summed E-state index contributed by atoms with van der Waals surface area (Å²) in [6.45, 7) is 3.98. The van der Waals surface area contributed by atoms with E-state index in [2.05, 4.69) is 6.92 Å². The first kappa shape index (κ1) is 14.1. The van der Waals surface area contributed by atoms with Crippen LogP contribution in [0.5, 0.6) is 0 Å². The van der Waals surface area contributed by atoms with Crippen LogP contribution < -0.4 is 10.6 Å². The fourth-order valence-electron chi connectivity index (χ4n) is 2.14. The van der Waals surface area contributed by atoms with Gasteiger partial charge in [0.2, 0.25) is 0 Å². The molecule has 0 bridgehead atoms. The third-order valence-corrected chi connectivity index (χ3v) is 3.64. The van der Waals surface area contributed by atoms with Gasteiger partial charge in [0.1, 0.15) is 0 Å². The highest BCUT2D eigenvalue weighted by Crippen LogP contribution is 2.21. The van der Waals surface area contributed by atoms with E-state index in [1.165, 1.54) is 5.56 Å². The van der Waals surface area contributed by atoms with Gasteiger partial charge in [-0.15, -0.1) is 0 Å². The Balaban J connectivity index is 2.29. The first-order chi connectivity index (χ1) is 9.54. The highest BCUT2D eigenvalue weighted by molar-refractivity contribution is 6.07. The van der Waals surface area contributed by atoms with Gasteiger partial charge in [-0.25, -0.2) is 0 Å². The van der Waals surface area contributed by atoms with Gasteiger partial charge in [-0.05, 0) is 48.7 Å². The van der Waals surface area contributed by atoms with E-state index in [1.807, 2.05) is 49.4 Å². The van der Waals surface area contributed by atoms with Crippen molar-refractivity contribution in [3.8, 4) is 0 Å². The summed E-state index contributed by atoms with van der Waals surface area (Å²) in [6.07, 6.45) is 0.992. The number of hydrogen-bond acceptors (Lipinski definition) is 2. The van der Waals surface area contributed by atoms with E-state index in [1.54, 1.807) is 11.9 Å². The highest BCUT2D eigenvalue weighted by atomic mass is 16.2. The number of nitrogen functional groups attached to an aromatic ring is 1. The first-order valence-electron chi connectivity index (χ1n) is 6.76. The summed E-state index contributed by atoms with van der Waals surface area (Å²) < 4.78 is 0. The molecule has 0 aliphatic heterocycles.